The monoisotopic (exact) mass is 230 g/mol. The number of hydrogen-bond donors (Lipinski definition) is 0. The second-order valence-corrected chi connectivity index (χ2v) is 2.86. The number of alkyl halides is 3. The van der Waals surface area contributed by atoms with Crippen molar-refractivity contribution < 1.29 is 22.6 Å². The summed E-state index contributed by atoms with van der Waals surface area (Å²) in [7, 11) is 1.34. The van der Waals surface area contributed by atoms with Crippen LogP contribution in [-0.2, 0) is 6.18 Å². The molecule has 0 saturated carbocycles. The van der Waals surface area contributed by atoms with Crippen LogP contribution in [-0.4, -0.2) is 13.7 Å². The van der Waals surface area contributed by atoms with E-state index in [9.17, 15) is 13.2 Å². The topological polar surface area (TPSA) is 18.5 Å². The second kappa shape index (κ2) is 4.79. The van der Waals surface area contributed by atoms with E-state index in [1.807, 2.05) is 0 Å². The van der Waals surface area contributed by atoms with E-state index in [0.717, 1.165) is 12.1 Å². The number of ether oxygens (including phenoxy) is 2. The molecule has 0 bridgehead atoms. The van der Waals surface area contributed by atoms with E-state index in [-0.39, 0.29) is 18.1 Å². The van der Waals surface area contributed by atoms with Gasteiger partial charge in [-0.3, -0.25) is 0 Å². The van der Waals surface area contributed by atoms with E-state index in [4.69, 9.17) is 15.9 Å². The zero-order valence-electron chi connectivity index (χ0n) is 8.47. The minimum atomic E-state index is -4.42. The molecule has 1 aromatic carbocycles. The number of terminal acetylenes is 1. The molecule has 0 aromatic heterocycles. The summed E-state index contributed by atoms with van der Waals surface area (Å²) in [6.45, 7) is -0.113. The molecule has 0 spiro atoms. The molecule has 0 fully saturated rings. The van der Waals surface area contributed by atoms with Crippen LogP contribution in [0.5, 0.6) is 11.5 Å². The smallest absolute Gasteiger partial charge is 0.416 e. The van der Waals surface area contributed by atoms with Gasteiger partial charge in [0.05, 0.1) is 12.7 Å². The molecule has 0 amide bonds. The van der Waals surface area contributed by atoms with Gasteiger partial charge in [0.25, 0.3) is 0 Å². The van der Waals surface area contributed by atoms with Crippen molar-refractivity contribution >= 4 is 0 Å². The summed E-state index contributed by atoms with van der Waals surface area (Å²) >= 11 is 0. The van der Waals surface area contributed by atoms with Crippen molar-refractivity contribution in [3.63, 3.8) is 0 Å². The third-order valence-corrected chi connectivity index (χ3v) is 1.80. The van der Waals surface area contributed by atoms with Crippen LogP contribution in [0.25, 0.3) is 0 Å². The predicted molar refractivity (Wildman–Crippen MR) is 52.3 cm³/mol. The highest BCUT2D eigenvalue weighted by Crippen LogP contribution is 2.36. The maximum absolute atomic E-state index is 12.4. The maximum atomic E-state index is 12.4. The van der Waals surface area contributed by atoms with Gasteiger partial charge in [0.1, 0.15) is 6.61 Å². The summed E-state index contributed by atoms with van der Waals surface area (Å²) in [5.74, 6) is 2.36. The Bertz CT molecular complexity index is 405. The van der Waals surface area contributed by atoms with Crippen LogP contribution in [0.2, 0.25) is 0 Å². The zero-order valence-corrected chi connectivity index (χ0v) is 8.47. The fraction of sp³-hybridized carbons (Fsp3) is 0.273. The van der Waals surface area contributed by atoms with Crippen molar-refractivity contribution in [3.8, 4) is 23.8 Å². The molecule has 0 heterocycles. The summed E-state index contributed by atoms with van der Waals surface area (Å²) in [5, 5.41) is 0. The molecule has 16 heavy (non-hydrogen) atoms. The number of hydrogen-bond acceptors (Lipinski definition) is 2. The largest absolute Gasteiger partial charge is 0.493 e. The second-order valence-electron chi connectivity index (χ2n) is 2.86. The third-order valence-electron chi connectivity index (χ3n) is 1.80. The van der Waals surface area contributed by atoms with E-state index < -0.39 is 11.7 Å². The highest BCUT2D eigenvalue weighted by atomic mass is 19.4. The van der Waals surface area contributed by atoms with Crippen molar-refractivity contribution in [1.29, 1.82) is 0 Å². The lowest BCUT2D eigenvalue weighted by molar-refractivity contribution is -0.137. The first-order chi connectivity index (χ1) is 7.49. The van der Waals surface area contributed by atoms with E-state index in [1.54, 1.807) is 0 Å². The summed E-state index contributed by atoms with van der Waals surface area (Å²) in [6, 6.07) is 2.96. The summed E-state index contributed by atoms with van der Waals surface area (Å²) in [4.78, 5) is 0. The van der Waals surface area contributed by atoms with Gasteiger partial charge in [-0.2, -0.15) is 13.2 Å². The highest BCUT2D eigenvalue weighted by Gasteiger charge is 2.31. The molecule has 1 rings (SSSR count). The van der Waals surface area contributed by atoms with Gasteiger partial charge in [-0.25, -0.2) is 0 Å². The highest BCUT2D eigenvalue weighted by molar-refractivity contribution is 5.43. The van der Waals surface area contributed by atoms with Gasteiger partial charge in [0.2, 0.25) is 0 Å². The number of methoxy groups -OCH3 is 1. The molecule has 5 heteroatoms. The SMILES string of the molecule is C#CCOc1cc(C(F)(F)F)ccc1OC. The van der Waals surface area contributed by atoms with Crippen molar-refractivity contribution in [2.24, 2.45) is 0 Å². The molecule has 2 nitrogen and oxygen atoms in total. The van der Waals surface area contributed by atoms with E-state index in [0.29, 0.717) is 0 Å². The minimum Gasteiger partial charge on any atom is -0.493 e. The molecular formula is C11H9F3O2. The molecule has 0 N–H and O–H groups in total. The van der Waals surface area contributed by atoms with Crippen molar-refractivity contribution in [1.82, 2.24) is 0 Å². The number of rotatable bonds is 3. The Hall–Kier alpha value is -1.83. The molecule has 0 atom stereocenters. The molecule has 0 unspecified atom stereocenters. The molecule has 0 aliphatic carbocycles. The lowest BCUT2D eigenvalue weighted by Crippen LogP contribution is -2.06. The molecular weight excluding hydrogens is 221 g/mol. The van der Waals surface area contributed by atoms with Crippen LogP contribution in [0.1, 0.15) is 5.56 Å². The fourth-order valence-corrected chi connectivity index (χ4v) is 1.09. The molecule has 0 radical (unpaired) electrons. The average molecular weight is 230 g/mol. The minimum absolute atomic E-state index is 0.0183. The van der Waals surface area contributed by atoms with Crippen LogP contribution >= 0.6 is 0 Å². The van der Waals surface area contributed by atoms with Crippen LogP contribution < -0.4 is 9.47 Å². The van der Waals surface area contributed by atoms with Crippen LogP contribution in [0.3, 0.4) is 0 Å². The molecule has 0 saturated heterocycles. The molecule has 86 valence electrons. The summed E-state index contributed by atoms with van der Waals surface area (Å²) < 4.78 is 47.0. The van der Waals surface area contributed by atoms with Crippen molar-refractivity contribution in [2.45, 2.75) is 6.18 Å². The van der Waals surface area contributed by atoms with E-state index in [2.05, 4.69) is 5.92 Å². The summed E-state index contributed by atoms with van der Waals surface area (Å²) in [6.07, 6.45) is 0.538. The maximum Gasteiger partial charge on any atom is 0.416 e. The van der Waals surface area contributed by atoms with E-state index >= 15 is 0 Å². The quantitative estimate of drug-likeness (QED) is 0.743. The van der Waals surface area contributed by atoms with Gasteiger partial charge in [-0.15, -0.1) is 6.42 Å². The van der Waals surface area contributed by atoms with Crippen LogP contribution in [0.4, 0.5) is 13.2 Å². The van der Waals surface area contributed by atoms with Crippen molar-refractivity contribution in [3.05, 3.63) is 23.8 Å². The number of benzene rings is 1. The van der Waals surface area contributed by atoms with Crippen LogP contribution in [0.15, 0.2) is 18.2 Å². The summed E-state index contributed by atoms with van der Waals surface area (Å²) in [5.41, 5.74) is -0.805. The average Bonchev–Trinajstić information content (AvgIpc) is 2.24. The Kier molecular flexibility index (Phi) is 3.67. The first kappa shape index (κ1) is 12.2. The Labute approximate surface area is 91.0 Å². The Balaban J connectivity index is 3.07. The third kappa shape index (κ3) is 2.83. The van der Waals surface area contributed by atoms with Gasteiger partial charge >= 0.3 is 6.18 Å². The Morgan fingerprint density at radius 1 is 1.31 bits per heavy atom. The molecule has 0 aliphatic heterocycles. The van der Waals surface area contributed by atoms with Gasteiger partial charge in [-0.1, -0.05) is 5.92 Å². The first-order valence-electron chi connectivity index (χ1n) is 4.30. The van der Waals surface area contributed by atoms with Crippen molar-refractivity contribution in [2.75, 3.05) is 13.7 Å². The molecule has 0 aliphatic rings. The fourth-order valence-electron chi connectivity index (χ4n) is 1.09. The Morgan fingerprint density at radius 2 is 2.00 bits per heavy atom. The zero-order chi connectivity index (χ0) is 12.2. The van der Waals surface area contributed by atoms with E-state index in [1.165, 1.54) is 13.2 Å². The van der Waals surface area contributed by atoms with Gasteiger partial charge in [0.15, 0.2) is 11.5 Å². The van der Waals surface area contributed by atoms with Gasteiger partial charge in [0, 0.05) is 0 Å². The van der Waals surface area contributed by atoms with Gasteiger partial charge in [-0.05, 0) is 18.2 Å². The lowest BCUT2D eigenvalue weighted by atomic mass is 10.2. The standard InChI is InChI=1S/C11H9F3O2/c1-3-6-16-10-7-8(11(12,13)14)4-5-9(10)15-2/h1,4-5,7H,6H2,2H3. The lowest BCUT2D eigenvalue weighted by Gasteiger charge is -2.12. The first-order valence-corrected chi connectivity index (χ1v) is 4.30. The normalized spacial score (nSPS) is 10.7. The predicted octanol–water partition coefficient (Wildman–Crippen LogP) is 2.73. The molecule has 1 aromatic rings. The number of halogens is 3. The Morgan fingerprint density at radius 3 is 2.50 bits per heavy atom. The van der Waals surface area contributed by atoms with Gasteiger partial charge < -0.3 is 9.47 Å². The van der Waals surface area contributed by atoms with Crippen LogP contribution in [0, 0.1) is 12.3 Å².